The zero-order valence-corrected chi connectivity index (χ0v) is 18.6. The minimum Gasteiger partial charge on any atom is -0.339 e. The van der Waals surface area contributed by atoms with Gasteiger partial charge in [0.25, 0.3) is 0 Å². The Hall–Kier alpha value is -3.13. The Morgan fingerprint density at radius 3 is 3.03 bits per heavy atom. The Morgan fingerprint density at radius 2 is 2.23 bits per heavy atom. The monoisotopic (exact) mass is 434 g/mol. The van der Waals surface area contributed by atoms with E-state index >= 15 is 0 Å². The smallest absolute Gasteiger partial charge is 0.246 e. The fourth-order valence-electron chi connectivity index (χ4n) is 3.76. The number of aromatic nitrogens is 4. The quantitative estimate of drug-likeness (QED) is 0.586. The zero-order chi connectivity index (χ0) is 21.6. The third-order valence-corrected chi connectivity index (χ3v) is 6.13. The van der Waals surface area contributed by atoms with Crippen molar-refractivity contribution in [1.82, 2.24) is 24.8 Å². The number of nitrogens with zero attached hydrogens (tertiary/aromatic N) is 5. The Labute approximate surface area is 186 Å². The second kappa shape index (κ2) is 9.78. The van der Waals surface area contributed by atoms with Gasteiger partial charge in [0.15, 0.2) is 0 Å². The molecule has 0 saturated carbocycles. The van der Waals surface area contributed by atoms with Gasteiger partial charge in [0.2, 0.25) is 5.91 Å². The van der Waals surface area contributed by atoms with Gasteiger partial charge in [0.05, 0.1) is 10.7 Å². The van der Waals surface area contributed by atoms with Crippen molar-refractivity contribution >= 4 is 35.0 Å². The maximum atomic E-state index is 12.6. The molecule has 8 heteroatoms. The van der Waals surface area contributed by atoms with E-state index in [2.05, 4.69) is 25.3 Å². The topological polar surface area (TPSA) is 83.9 Å². The number of piperidine rings is 1. The molecule has 7 nitrogen and oxygen atoms in total. The van der Waals surface area contributed by atoms with Crippen molar-refractivity contribution in [3.63, 3.8) is 0 Å². The van der Waals surface area contributed by atoms with Crippen molar-refractivity contribution < 1.29 is 4.79 Å². The first-order valence-electron chi connectivity index (χ1n) is 10.5. The highest BCUT2D eigenvalue weighted by Crippen LogP contribution is 2.22. The Morgan fingerprint density at radius 1 is 1.32 bits per heavy atom. The summed E-state index contributed by atoms with van der Waals surface area (Å²) in [6.07, 6.45) is 9.69. The minimum absolute atomic E-state index is 0.0472. The lowest BCUT2D eigenvalue weighted by atomic mass is 9.93. The number of anilines is 2. The van der Waals surface area contributed by atoms with Gasteiger partial charge in [-0.15, -0.1) is 11.3 Å². The van der Waals surface area contributed by atoms with Crippen molar-refractivity contribution in [2.24, 2.45) is 5.92 Å². The van der Waals surface area contributed by atoms with E-state index in [1.54, 1.807) is 36.0 Å². The molecule has 1 aliphatic rings. The number of rotatable bonds is 6. The van der Waals surface area contributed by atoms with E-state index in [4.69, 9.17) is 0 Å². The number of thiazole rings is 1. The number of hydrogen-bond donors (Lipinski definition) is 1. The number of carbonyl (C=O) groups excluding carboxylic acids is 1. The molecule has 0 unspecified atom stereocenters. The molecular weight excluding hydrogens is 408 g/mol. The number of hydrogen-bond acceptors (Lipinski definition) is 7. The average Bonchev–Trinajstić information content (AvgIpc) is 3.19. The van der Waals surface area contributed by atoms with Crippen LogP contribution in [0.1, 0.15) is 34.8 Å². The number of nitrogens with one attached hydrogen (secondary N) is 1. The van der Waals surface area contributed by atoms with Crippen LogP contribution < -0.4 is 5.32 Å². The molecule has 1 amide bonds. The summed E-state index contributed by atoms with van der Waals surface area (Å²) in [4.78, 5) is 32.1. The predicted octanol–water partition coefficient (Wildman–Crippen LogP) is 4.18. The van der Waals surface area contributed by atoms with E-state index in [0.717, 1.165) is 65.9 Å². The van der Waals surface area contributed by atoms with Crippen LogP contribution in [0, 0.1) is 19.8 Å². The molecule has 3 aromatic rings. The highest BCUT2D eigenvalue weighted by atomic mass is 32.1. The molecule has 4 rings (SSSR count). The third kappa shape index (κ3) is 5.73. The second-order valence-electron chi connectivity index (χ2n) is 7.81. The highest BCUT2D eigenvalue weighted by molar-refractivity contribution is 7.09. The van der Waals surface area contributed by atoms with Crippen LogP contribution >= 0.6 is 11.3 Å². The van der Waals surface area contributed by atoms with Gasteiger partial charge in [-0.25, -0.2) is 19.9 Å². The molecule has 160 valence electrons. The number of likely N-dealkylation sites (tertiary alicyclic amines) is 1. The standard InChI is InChI=1S/C23H26N6OS/c1-16-5-3-9-24-23(16)28-21-12-20(25-15-26-21)11-18-6-4-10-29(13-18)22(30)8-7-19-14-31-17(2)27-19/h3,5,7-9,12,14-15,18H,4,6,10-11,13H2,1-2H3,(H,24,25,26,28)/b8-7+/t18-/m1/s1. The van der Waals surface area contributed by atoms with E-state index in [1.165, 1.54) is 0 Å². The van der Waals surface area contributed by atoms with Gasteiger partial charge in [-0.3, -0.25) is 4.79 Å². The lowest BCUT2D eigenvalue weighted by molar-refractivity contribution is -0.127. The maximum Gasteiger partial charge on any atom is 0.246 e. The van der Waals surface area contributed by atoms with Crippen LogP contribution in [0.5, 0.6) is 0 Å². The summed E-state index contributed by atoms with van der Waals surface area (Å²) < 4.78 is 0. The van der Waals surface area contributed by atoms with Crippen molar-refractivity contribution in [1.29, 1.82) is 0 Å². The van der Waals surface area contributed by atoms with Gasteiger partial charge in [-0.2, -0.15) is 0 Å². The molecule has 4 heterocycles. The van der Waals surface area contributed by atoms with E-state index in [0.29, 0.717) is 5.92 Å². The van der Waals surface area contributed by atoms with Gasteiger partial charge in [-0.1, -0.05) is 6.07 Å². The number of pyridine rings is 1. The average molecular weight is 435 g/mol. The van der Waals surface area contributed by atoms with Crippen molar-refractivity contribution in [3.8, 4) is 0 Å². The lowest BCUT2D eigenvalue weighted by Gasteiger charge is -2.32. The van der Waals surface area contributed by atoms with E-state index in [-0.39, 0.29) is 5.91 Å². The molecule has 1 N–H and O–H groups in total. The molecule has 0 radical (unpaired) electrons. The summed E-state index contributed by atoms with van der Waals surface area (Å²) in [6, 6.07) is 5.89. The van der Waals surface area contributed by atoms with Gasteiger partial charge < -0.3 is 10.2 Å². The summed E-state index contributed by atoms with van der Waals surface area (Å²) in [7, 11) is 0. The molecule has 1 saturated heterocycles. The summed E-state index contributed by atoms with van der Waals surface area (Å²) in [5, 5.41) is 6.24. The molecule has 31 heavy (non-hydrogen) atoms. The van der Waals surface area contributed by atoms with Crippen molar-refractivity contribution in [3.05, 3.63) is 64.1 Å². The predicted molar refractivity (Wildman–Crippen MR) is 123 cm³/mol. The van der Waals surface area contributed by atoms with Gasteiger partial charge in [0.1, 0.15) is 18.0 Å². The van der Waals surface area contributed by atoms with Gasteiger partial charge >= 0.3 is 0 Å². The fraction of sp³-hybridized carbons (Fsp3) is 0.348. The van der Waals surface area contributed by atoms with Crippen molar-refractivity contribution in [2.75, 3.05) is 18.4 Å². The first-order chi connectivity index (χ1) is 15.1. The van der Waals surface area contributed by atoms with Crippen LogP contribution in [0.4, 0.5) is 11.6 Å². The van der Waals surface area contributed by atoms with E-state index < -0.39 is 0 Å². The van der Waals surface area contributed by atoms with E-state index in [9.17, 15) is 4.79 Å². The number of aryl methyl sites for hydroxylation is 2. The molecule has 0 bridgehead atoms. The molecule has 1 aliphatic heterocycles. The van der Waals surface area contributed by atoms with Gasteiger partial charge in [0, 0.05) is 42.5 Å². The third-order valence-electron chi connectivity index (χ3n) is 5.34. The summed E-state index contributed by atoms with van der Waals surface area (Å²) in [5.74, 6) is 1.96. The summed E-state index contributed by atoms with van der Waals surface area (Å²) >= 11 is 1.59. The fourth-order valence-corrected chi connectivity index (χ4v) is 4.34. The van der Waals surface area contributed by atoms with Crippen LogP contribution in [-0.2, 0) is 11.2 Å². The first kappa shape index (κ1) is 21.1. The number of carbonyl (C=O) groups is 1. The SMILES string of the molecule is Cc1nc(/C=C/C(=O)N2CCC[C@H](Cc3cc(Nc4ncccc4C)ncn3)C2)cs1. The zero-order valence-electron chi connectivity index (χ0n) is 17.8. The van der Waals surface area contributed by atoms with E-state index in [1.807, 2.05) is 42.3 Å². The molecule has 0 spiro atoms. The van der Waals surface area contributed by atoms with Crippen LogP contribution in [0.25, 0.3) is 6.08 Å². The van der Waals surface area contributed by atoms with Crippen LogP contribution in [-0.4, -0.2) is 43.8 Å². The largest absolute Gasteiger partial charge is 0.339 e. The Balaban J connectivity index is 1.36. The lowest BCUT2D eigenvalue weighted by Crippen LogP contribution is -2.39. The Bertz CT molecular complexity index is 1080. The highest BCUT2D eigenvalue weighted by Gasteiger charge is 2.23. The van der Waals surface area contributed by atoms with Crippen LogP contribution in [0.15, 0.2) is 42.2 Å². The first-order valence-corrected chi connectivity index (χ1v) is 11.3. The van der Waals surface area contributed by atoms with Crippen LogP contribution in [0.2, 0.25) is 0 Å². The second-order valence-corrected chi connectivity index (χ2v) is 8.87. The minimum atomic E-state index is 0.0472. The molecule has 0 aliphatic carbocycles. The van der Waals surface area contributed by atoms with Crippen molar-refractivity contribution in [2.45, 2.75) is 33.1 Å². The number of amides is 1. The molecular formula is C23H26N6OS. The molecule has 0 aromatic carbocycles. The summed E-state index contributed by atoms with van der Waals surface area (Å²) in [5.41, 5.74) is 2.87. The summed E-state index contributed by atoms with van der Waals surface area (Å²) in [6.45, 7) is 5.51. The Kier molecular flexibility index (Phi) is 6.66. The normalized spacial score (nSPS) is 16.6. The molecule has 1 fully saturated rings. The van der Waals surface area contributed by atoms with Crippen LogP contribution in [0.3, 0.4) is 0 Å². The molecule has 1 atom stereocenters. The molecule has 3 aromatic heterocycles. The maximum absolute atomic E-state index is 12.6. The van der Waals surface area contributed by atoms with Gasteiger partial charge in [-0.05, 0) is 56.7 Å².